The van der Waals surface area contributed by atoms with E-state index in [2.05, 4.69) is 17.2 Å². The van der Waals surface area contributed by atoms with E-state index in [0.717, 1.165) is 36.0 Å². The van der Waals surface area contributed by atoms with Gasteiger partial charge in [0.15, 0.2) is 0 Å². The van der Waals surface area contributed by atoms with Crippen LogP contribution >= 0.6 is 0 Å². The highest BCUT2D eigenvalue weighted by atomic mass is 16.2. The average Bonchev–Trinajstić information content (AvgIpc) is 2.47. The summed E-state index contributed by atoms with van der Waals surface area (Å²) in [7, 11) is 0. The number of benzene rings is 1. The summed E-state index contributed by atoms with van der Waals surface area (Å²) in [6, 6.07) is 7.82. The van der Waals surface area contributed by atoms with Crippen LogP contribution in [0.1, 0.15) is 19.8 Å². The highest BCUT2D eigenvalue weighted by Gasteiger charge is 2.21. The number of likely N-dealkylation sites (tertiary alicyclic amines) is 1. The minimum Gasteiger partial charge on any atom is -0.324 e. The normalized spacial score (nSPS) is 19.1. The standard InChI is InChI=1S/C16H19N3O/c1-12-4-3-9-19(11-12)16(20)18-15-6-2-5-13-10-17-8-7-14(13)15/h2,5-8,10,12H,3-4,9,11H2,1H3,(H,18,20). The largest absolute Gasteiger partial charge is 0.324 e. The lowest BCUT2D eigenvalue weighted by molar-refractivity contribution is 0.182. The summed E-state index contributed by atoms with van der Waals surface area (Å²) in [6.45, 7) is 3.89. The van der Waals surface area contributed by atoms with Crippen molar-refractivity contribution >= 4 is 22.5 Å². The van der Waals surface area contributed by atoms with Gasteiger partial charge in [-0.15, -0.1) is 0 Å². The summed E-state index contributed by atoms with van der Waals surface area (Å²) >= 11 is 0. The maximum atomic E-state index is 12.4. The van der Waals surface area contributed by atoms with Crippen molar-refractivity contribution in [1.82, 2.24) is 9.88 Å². The molecule has 1 atom stereocenters. The third kappa shape index (κ3) is 2.59. The summed E-state index contributed by atoms with van der Waals surface area (Å²) in [6.07, 6.45) is 5.87. The van der Waals surface area contributed by atoms with E-state index in [0.29, 0.717) is 5.92 Å². The first-order valence-electron chi connectivity index (χ1n) is 7.13. The predicted octanol–water partition coefficient (Wildman–Crippen LogP) is 3.50. The summed E-state index contributed by atoms with van der Waals surface area (Å²) < 4.78 is 0. The SMILES string of the molecule is CC1CCCN(C(=O)Nc2cccc3cnccc23)C1. The molecule has 2 amide bonds. The van der Waals surface area contributed by atoms with Crippen LogP contribution in [-0.4, -0.2) is 29.0 Å². The number of nitrogens with one attached hydrogen (secondary N) is 1. The first-order chi connectivity index (χ1) is 9.74. The van der Waals surface area contributed by atoms with Crippen LogP contribution in [0.15, 0.2) is 36.7 Å². The smallest absolute Gasteiger partial charge is 0.321 e. The van der Waals surface area contributed by atoms with E-state index in [1.54, 1.807) is 6.20 Å². The minimum absolute atomic E-state index is 0.000798. The molecule has 1 N–H and O–H groups in total. The lowest BCUT2D eigenvalue weighted by Gasteiger charge is -2.31. The number of amides is 2. The van der Waals surface area contributed by atoms with Crippen molar-refractivity contribution in [2.24, 2.45) is 5.92 Å². The van der Waals surface area contributed by atoms with Crippen molar-refractivity contribution in [3.8, 4) is 0 Å². The van der Waals surface area contributed by atoms with Crippen LogP contribution < -0.4 is 5.32 Å². The number of hydrogen-bond acceptors (Lipinski definition) is 2. The first-order valence-corrected chi connectivity index (χ1v) is 7.13. The number of pyridine rings is 1. The number of anilines is 1. The van der Waals surface area contributed by atoms with Crippen molar-refractivity contribution in [2.45, 2.75) is 19.8 Å². The van der Waals surface area contributed by atoms with Crippen molar-refractivity contribution < 1.29 is 4.79 Å². The van der Waals surface area contributed by atoms with Crippen molar-refractivity contribution in [3.05, 3.63) is 36.7 Å². The molecule has 1 aromatic carbocycles. The topological polar surface area (TPSA) is 45.2 Å². The van der Waals surface area contributed by atoms with E-state index in [9.17, 15) is 4.79 Å². The Morgan fingerprint density at radius 1 is 1.40 bits per heavy atom. The summed E-state index contributed by atoms with van der Waals surface area (Å²) in [5.41, 5.74) is 0.855. The first kappa shape index (κ1) is 12.9. The molecule has 1 unspecified atom stereocenters. The Bertz CT molecular complexity index is 621. The maximum absolute atomic E-state index is 12.4. The van der Waals surface area contributed by atoms with Crippen LogP contribution in [-0.2, 0) is 0 Å². The second kappa shape index (κ2) is 5.49. The third-order valence-corrected chi connectivity index (χ3v) is 3.87. The van der Waals surface area contributed by atoms with Gasteiger partial charge < -0.3 is 10.2 Å². The zero-order chi connectivity index (χ0) is 13.9. The number of aromatic nitrogens is 1. The Labute approximate surface area is 118 Å². The molecule has 4 heteroatoms. The van der Waals surface area contributed by atoms with Gasteiger partial charge in [-0.3, -0.25) is 4.98 Å². The van der Waals surface area contributed by atoms with Gasteiger partial charge in [0, 0.05) is 36.3 Å². The van der Waals surface area contributed by atoms with Crippen LogP contribution in [0, 0.1) is 5.92 Å². The van der Waals surface area contributed by atoms with E-state index >= 15 is 0 Å². The van der Waals surface area contributed by atoms with Gasteiger partial charge in [-0.2, -0.15) is 0 Å². The number of piperidine rings is 1. The molecule has 2 heterocycles. The average molecular weight is 269 g/mol. The second-order valence-electron chi connectivity index (χ2n) is 5.53. The number of hydrogen-bond donors (Lipinski definition) is 1. The van der Waals surface area contributed by atoms with Gasteiger partial charge >= 0.3 is 6.03 Å². The molecule has 0 saturated carbocycles. The Hall–Kier alpha value is -2.10. The summed E-state index contributed by atoms with van der Waals surface area (Å²) in [5, 5.41) is 5.10. The van der Waals surface area contributed by atoms with Crippen LogP contribution in [0.4, 0.5) is 10.5 Å². The minimum atomic E-state index is 0.000798. The molecule has 2 aromatic rings. The number of carbonyl (C=O) groups excluding carboxylic acids is 1. The van der Waals surface area contributed by atoms with Crippen molar-refractivity contribution in [3.63, 3.8) is 0 Å². The summed E-state index contributed by atoms with van der Waals surface area (Å²) in [4.78, 5) is 18.4. The molecule has 0 spiro atoms. The molecule has 3 rings (SSSR count). The van der Waals surface area contributed by atoms with E-state index in [1.807, 2.05) is 35.4 Å². The van der Waals surface area contributed by atoms with Crippen LogP contribution in [0.2, 0.25) is 0 Å². The molecule has 1 aromatic heterocycles. The van der Waals surface area contributed by atoms with Gasteiger partial charge in [-0.05, 0) is 30.9 Å². The summed E-state index contributed by atoms with van der Waals surface area (Å²) in [5.74, 6) is 0.589. The quantitative estimate of drug-likeness (QED) is 0.861. The molecule has 1 aliphatic rings. The predicted molar refractivity (Wildman–Crippen MR) is 80.7 cm³/mol. The van der Waals surface area contributed by atoms with E-state index in [4.69, 9.17) is 0 Å². The Balaban J connectivity index is 1.80. The molecule has 0 aliphatic carbocycles. The molecule has 0 bridgehead atoms. The lowest BCUT2D eigenvalue weighted by Crippen LogP contribution is -2.41. The molecule has 20 heavy (non-hydrogen) atoms. The molecule has 4 nitrogen and oxygen atoms in total. The number of carbonyl (C=O) groups is 1. The molecule has 1 aliphatic heterocycles. The van der Waals surface area contributed by atoms with E-state index in [1.165, 1.54) is 6.42 Å². The monoisotopic (exact) mass is 269 g/mol. The fraction of sp³-hybridized carbons (Fsp3) is 0.375. The van der Waals surface area contributed by atoms with Crippen LogP contribution in [0.3, 0.4) is 0 Å². The fourth-order valence-corrected chi connectivity index (χ4v) is 2.80. The lowest BCUT2D eigenvalue weighted by atomic mass is 10.0. The van der Waals surface area contributed by atoms with Gasteiger partial charge in [0.2, 0.25) is 0 Å². The number of fused-ring (bicyclic) bond motifs is 1. The number of urea groups is 1. The van der Waals surface area contributed by atoms with E-state index < -0.39 is 0 Å². The Morgan fingerprint density at radius 2 is 2.30 bits per heavy atom. The number of nitrogens with zero attached hydrogens (tertiary/aromatic N) is 2. The molecular formula is C16H19N3O. The highest BCUT2D eigenvalue weighted by Crippen LogP contribution is 2.23. The van der Waals surface area contributed by atoms with Crippen LogP contribution in [0.5, 0.6) is 0 Å². The molecular weight excluding hydrogens is 250 g/mol. The molecule has 104 valence electrons. The number of rotatable bonds is 1. The van der Waals surface area contributed by atoms with Crippen LogP contribution in [0.25, 0.3) is 10.8 Å². The third-order valence-electron chi connectivity index (χ3n) is 3.87. The second-order valence-corrected chi connectivity index (χ2v) is 5.53. The maximum Gasteiger partial charge on any atom is 0.321 e. The van der Waals surface area contributed by atoms with Gasteiger partial charge in [0.05, 0.1) is 5.69 Å². The highest BCUT2D eigenvalue weighted by molar-refractivity contribution is 6.01. The molecule has 1 saturated heterocycles. The fourth-order valence-electron chi connectivity index (χ4n) is 2.80. The van der Waals surface area contributed by atoms with E-state index in [-0.39, 0.29) is 6.03 Å². The van der Waals surface area contributed by atoms with Crippen molar-refractivity contribution in [2.75, 3.05) is 18.4 Å². The Morgan fingerprint density at radius 3 is 3.15 bits per heavy atom. The molecule has 1 fully saturated rings. The zero-order valence-corrected chi connectivity index (χ0v) is 11.7. The molecule has 0 radical (unpaired) electrons. The van der Waals surface area contributed by atoms with Gasteiger partial charge in [0.1, 0.15) is 0 Å². The van der Waals surface area contributed by atoms with Crippen molar-refractivity contribution in [1.29, 1.82) is 0 Å². The van der Waals surface area contributed by atoms with Gasteiger partial charge in [-0.25, -0.2) is 4.79 Å². The zero-order valence-electron chi connectivity index (χ0n) is 11.7. The Kier molecular flexibility index (Phi) is 3.54. The van der Waals surface area contributed by atoms with Gasteiger partial charge in [0.25, 0.3) is 0 Å². The van der Waals surface area contributed by atoms with Gasteiger partial charge in [-0.1, -0.05) is 19.1 Å².